The second-order valence-electron chi connectivity index (χ2n) is 3.97. The molecule has 1 aromatic carbocycles. The summed E-state index contributed by atoms with van der Waals surface area (Å²) in [6.07, 6.45) is -4.72. The van der Waals surface area contributed by atoms with E-state index < -0.39 is 17.6 Å². The normalized spacial score (nSPS) is 11.8. The number of aromatic nitrogens is 2. The molecule has 108 valence electrons. The van der Waals surface area contributed by atoms with Crippen LogP contribution in [-0.2, 0) is 12.7 Å². The summed E-state index contributed by atoms with van der Waals surface area (Å²) in [5, 5.41) is 11.8. The van der Waals surface area contributed by atoms with Gasteiger partial charge in [-0.1, -0.05) is 18.3 Å². The van der Waals surface area contributed by atoms with Crippen molar-refractivity contribution in [3.8, 4) is 10.6 Å². The van der Waals surface area contributed by atoms with Crippen LogP contribution in [0, 0.1) is 5.82 Å². The van der Waals surface area contributed by atoms with Crippen LogP contribution in [0.2, 0.25) is 0 Å². The maximum absolute atomic E-state index is 13.2. The van der Waals surface area contributed by atoms with Crippen molar-refractivity contribution in [3.63, 3.8) is 0 Å². The van der Waals surface area contributed by atoms with E-state index in [-0.39, 0.29) is 5.56 Å². The molecule has 1 heterocycles. The van der Waals surface area contributed by atoms with Gasteiger partial charge in [-0.3, -0.25) is 0 Å². The molecule has 0 saturated heterocycles. The highest BCUT2D eigenvalue weighted by Gasteiger charge is 2.34. The first-order valence-electron chi connectivity index (χ1n) is 5.82. The van der Waals surface area contributed by atoms with Crippen LogP contribution < -0.4 is 5.32 Å². The summed E-state index contributed by atoms with van der Waals surface area (Å²) in [7, 11) is 0. The van der Waals surface area contributed by atoms with Crippen molar-refractivity contribution in [1.82, 2.24) is 15.5 Å². The zero-order valence-electron chi connectivity index (χ0n) is 10.5. The molecule has 0 saturated carbocycles. The lowest BCUT2D eigenvalue weighted by Crippen LogP contribution is -2.11. The second kappa shape index (κ2) is 5.84. The number of nitrogens with zero attached hydrogens (tertiary/aromatic N) is 2. The average molecular weight is 305 g/mol. The van der Waals surface area contributed by atoms with Crippen molar-refractivity contribution in [2.75, 3.05) is 6.54 Å². The van der Waals surface area contributed by atoms with Crippen molar-refractivity contribution in [3.05, 3.63) is 34.6 Å². The molecule has 2 rings (SSSR count). The minimum Gasteiger partial charge on any atom is -0.311 e. The molecule has 2 aromatic rings. The number of hydrogen-bond acceptors (Lipinski definition) is 4. The van der Waals surface area contributed by atoms with Gasteiger partial charge in [0.15, 0.2) is 0 Å². The lowest BCUT2D eigenvalue weighted by Gasteiger charge is -2.08. The molecule has 0 aliphatic heterocycles. The van der Waals surface area contributed by atoms with Gasteiger partial charge < -0.3 is 5.32 Å². The van der Waals surface area contributed by atoms with Crippen molar-refractivity contribution >= 4 is 11.3 Å². The van der Waals surface area contributed by atoms with Crippen LogP contribution in [0.1, 0.15) is 17.5 Å². The Morgan fingerprint density at radius 1 is 1.25 bits per heavy atom. The zero-order valence-corrected chi connectivity index (χ0v) is 11.3. The Bertz CT molecular complexity index is 595. The summed E-state index contributed by atoms with van der Waals surface area (Å²) in [6.45, 7) is 3.18. The summed E-state index contributed by atoms with van der Waals surface area (Å²) in [5.41, 5.74) is -1.09. The molecule has 3 nitrogen and oxygen atoms in total. The van der Waals surface area contributed by atoms with E-state index in [4.69, 9.17) is 0 Å². The van der Waals surface area contributed by atoms with E-state index in [1.165, 1.54) is 17.4 Å². The van der Waals surface area contributed by atoms with E-state index in [1.54, 1.807) is 0 Å². The lowest BCUT2D eigenvalue weighted by molar-refractivity contribution is -0.139. The highest BCUT2D eigenvalue weighted by Crippen LogP contribution is 2.34. The Morgan fingerprint density at radius 3 is 2.65 bits per heavy atom. The Morgan fingerprint density at radius 2 is 2.00 bits per heavy atom. The molecule has 0 amide bonds. The molecule has 1 aromatic heterocycles. The van der Waals surface area contributed by atoms with Gasteiger partial charge in [-0.15, -0.1) is 10.2 Å². The number of rotatable bonds is 4. The minimum atomic E-state index is -4.72. The van der Waals surface area contributed by atoms with Crippen LogP contribution in [0.5, 0.6) is 0 Å². The molecule has 0 aliphatic carbocycles. The van der Waals surface area contributed by atoms with E-state index in [2.05, 4.69) is 15.5 Å². The third kappa shape index (κ3) is 3.31. The number of halogens is 4. The summed E-state index contributed by atoms with van der Waals surface area (Å²) >= 11 is 1.18. The van der Waals surface area contributed by atoms with E-state index in [9.17, 15) is 17.6 Å². The summed E-state index contributed by atoms with van der Waals surface area (Å²) in [6, 6.07) is 2.82. The Hall–Kier alpha value is -1.54. The maximum Gasteiger partial charge on any atom is 0.419 e. The lowest BCUT2D eigenvalue weighted by atomic mass is 10.1. The van der Waals surface area contributed by atoms with Gasteiger partial charge in [0, 0.05) is 12.1 Å². The topological polar surface area (TPSA) is 37.8 Å². The third-order valence-corrected chi connectivity index (χ3v) is 3.48. The van der Waals surface area contributed by atoms with Crippen LogP contribution in [0.25, 0.3) is 10.6 Å². The molecule has 0 fully saturated rings. The van der Waals surface area contributed by atoms with Gasteiger partial charge in [-0.25, -0.2) is 4.39 Å². The maximum atomic E-state index is 13.2. The first kappa shape index (κ1) is 14.9. The Labute approximate surface area is 116 Å². The van der Waals surface area contributed by atoms with Gasteiger partial charge in [0.1, 0.15) is 15.8 Å². The third-order valence-electron chi connectivity index (χ3n) is 2.51. The van der Waals surface area contributed by atoms with Crippen molar-refractivity contribution in [2.24, 2.45) is 0 Å². The molecule has 0 spiro atoms. The quantitative estimate of drug-likeness (QED) is 0.879. The fourth-order valence-corrected chi connectivity index (χ4v) is 2.35. The molecular formula is C12H11F4N3S. The average Bonchev–Trinajstić information content (AvgIpc) is 2.84. The molecule has 1 N–H and O–H groups in total. The van der Waals surface area contributed by atoms with Gasteiger partial charge in [-0.05, 0) is 24.7 Å². The largest absolute Gasteiger partial charge is 0.419 e. The molecule has 0 atom stereocenters. The van der Waals surface area contributed by atoms with Gasteiger partial charge in [0.2, 0.25) is 0 Å². The number of alkyl halides is 3. The fraction of sp³-hybridized carbons (Fsp3) is 0.333. The van der Waals surface area contributed by atoms with E-state index >= 15 is 0 Å². The number of hydrogen-bond donors (Lipinski definition) is 1. The highest BCUT2D eigenvalue weighted by atomic mass is 32.1. The van der Waals surface area contributed by atoms with Crippen molar-refractivity contribution < 1.29 is 17.6 Å². The van der Waals surface area contributed by atoms with Crippen molar-refractivity contribution in [1.29, 1.82) is 0 Å². The van der Waals surface area contributed by atoms with Gasteiger partial charge in [-0.2, -0.15) is 13.2 Å². The van der Waals surface area contributed by atoms with E-state index in [0.717, 1.165) is 18.7 Å². The van der Waals surface area contributed by atoms with Crippen LogP contribution in [0.15, 0.2) is 18.2 Å². The molecule has 20 heavy (non-hydrogen) atoms. The predicted octanol–water partition coefficient (Wildman–Crippen LogP) is 3.47. The first-order chi connectivity index (χ1) is 9.41. The van der Waals surface area contributed by atoms with Gasteiger partial charge in [0.25, 0.3) is 0 Å². The van der Waals surface area contributed by atoms with Crippen LogP contribution in [-0.4, -0.2) is 16.7 Å². The van der Waals surface area contributed by atoms with Gasteiger partial charge in [0.05, 0.1) is 5.56 Å². The molecule has 0 unspecified atom stereocenters. The number of nitrogens with one attached hydrogen (secondary N) is 1. The second-order valence-corrected chi connectivity index (χ2v) is 5.04. The first-order valence-corrected chi connectivity index (χ1v) is 6.63. The molecule has 0 bridgehead atoms. The molecule has 0 aliphatic rings. The van der Waals surface area contributed by atoms with E-state index in [1.807, 2.05) is 6.92 Å². The summed E-state index contributed by atoms with van der Waals surface area (Å²) in [4.78, 5) is 0. The fourth-order valence-electron chi connectivity index (χ4n) is 1.55. The van der Waals surface area contributed by atoms with Crippen LogP contribution >= 0.6 is 11.3 Å². The number of benzene rings is 1. The van der Waals surface area contributed by atoms with Crippen molar-refractivity contribution in [2.45, 2.75) is 19.6 Å². The molecule has 0 radical (unpaired) electrons. The summed E-state index contributed by atoms with van der Waals surface area (Å²) < 4.78 is 51.1. The standard InChI is InChI=1S/C12H11F4N3S/c1-2-17-6-10-18-19-11(20-10)7-3-4-9(13)8(5-7)12(14,15)16/h3-5,17H,2,6H2,1H3. The van der Waals surface area contributed by atoms with Crippen LogP contribution in [0.3, 0.4) is 0 Å². The predicted molar refractivity (Wildman–Crippen MR) is 67.7 cm³/mol. The molecular weight excluding hydrogens is 294 g/mol. The summed E-state index contributed by atoms with van der Waals surface area (Å²) in [5.74, 6) is -1.29. The Balaban J connectivity index is 2.31. The van der Waals surface area contributed by atoms with E-state index in [0.29, 0.717) is 16.6 Å². The zero-order chi connectivity index (χ0) is 14.8. The highest BCUT2D eigenvalue weighted by molar-refractivity contribution is 7.14. The van der Waals surface area contributed by atoms with Gasteiger partial charge >= 0.3 is 6.18 Å². The Kier molecular flexibility index (Phi) is 4.34. The SMILES string of the molecule is CCNCc1nnc(-c2ccc(F)c(C(F)(F)F)c2)s1. The van der Waals surface area contributed by atoms with Crippen LogP contribution in [0.4, 0.5) is 17.6 Å². The molecule has 8 heteroatoms. The monoisotopic (exact) mass is 305 g/mol. The minimum absolute atomic E-state index is 0.207. The smallest absolute Gasteiger partial charge is 0.311 e.